The van der Waals surface area contributed by atoms with Crippen LogP contribution < -0.4 is 0 Å². The van der Waals surface area contributed by atoms with E-state index < -0.39 is 23.6 Å². The van der Waals surface area contributed by atoms with E-state index in [-0.39, 0.29) is 6.42 Å². The zero-order valence-corrected chi connectivity index (χ0v) is 10.1. The molecule has 2 N–H and O–H groups in total. The monoisotopic (exact) mass is 248 g/mol. The molecular weight excluding hydrogens is 232 g/mol. The van der Waals surface area contributed by atoms with Crippen LogP contribution in [-0.4, -0.2) is 40.9 Å². The quantitative estimate of drug-likeness (QED) is 0.816. The third kappa shape index (κ3) is 2.22. The fraction of sp³-hybridized carbons (Fsp3) is 0.357. The van der Waals surface area contributed by atoms with Crippen molar-refractivity contribution in [3.05, 3.63) is 48.0 Å². The van der Waals surface area contributed by atoms with E-state index in [9.17, 15) is 15.0 Å². The Kier molecular flexibility index (Phi) is 3.61. The van der Waals surface area contributed by atoms with Crippen LogP contribution in [0.4, 0.5) is 0 Å². The molecule has 0 saturated carbocycles. The molecule has 1 aliphatic rings. The van der Waals surface area contributed by atoms with Gasteiger partial charge in [-0.3, -0.25) is 4.79 Å². The smallest absolute Gasteiger partial charge is 0.190 e. The number of hydrogen-bond acceptors (Lipinski definition) is 4. The van der Waals surface area contributed by atoms with Gasteiger partial charge in [0.15, 0.2) is 11.4 Å². The van der Waals surface area contributed by atoms with E-state index in [2.05, 4.69) is 0 Å². The van der Waals surface area contributed by atoms with Crippen molar-refractivity contribution in [3.8, 4) is 0 Å². The third-order valence-electron chi connectivity index (χ3n) is 3.25. The van der Waals surface area contributed by atoms with Gasteiger partial charge in [0.1, 0.15) is 12.2 Å². The van der Waals surface area contributed by atoms with Crippen LogP contribution in [0.3, 0.4) is 0 Å². The first kappa shape index (κ1) is 13.0. The molecule has 0 spiro atoms. The molecular formula is C14H16O4. The lowest BCUT2D eigenvalue weighted by molar-refractivity contribution is -0.158. The summed E-state index contributed by atoms with van der Waals surface area (Å²) < 4.78 is 5.04. The van der Waals surface area contributed by atoms with Gasteiger partial charge in [0.2, 0.25) is 0 Å². The molecule has 0 aliphatic heterocycles. The predicted molar refractivity (Wildman–Crippen MR) is 66.0 cm³/mol. The van der Waals surface area contributed by atoms with Crippen LogP contribution in [0.25, 0.3) is 0 Å². The molecule has 4 heteroatoms. The van der Waals surface area contributed by atoms with Crippen molar-refractivity contribution in [1.29, 1.82) is 0 Å². The lowest BCUT2D eigenvalue weighted by atomic mass is 9.79. The first-order valence-electron chi connectivity index (χ1n) is 5.78. The second kappa shape index (κ2) is 5.02. The first-order chi connectivity index (χ1) is 8.58. The minimum atomic E-state index is -1.82. The molecule has 1 aromatic carbocycles. The molecule has 0 aromatic heterocycles. The highest BCUT2D eigenvalue weighted by Gasteiger charge is 2.47. The van der Waals surface area contributed by atoms with E-state index in [1.165, 1.54) is 19.3 Å². The average molecular weight is 248 g/mol. The number of benzene rings is 1. The summed E-state index contributed by atoms with van der Waals surface area (Å²) >= 11 is 0. The molecule has 1 aromatic rings. The maximum absolute atomic E-state index is 11.8. The van der Waals surface area contributed by atoms with Crippen LogP contribution >= 0.6 is 0 Å². The number of carbonyl (C=O) groups excluding carboxylic acids is 1. The zero-order chi connectivity index (χ0) is 13.2. The maximum atomic E-state index is 11.8. The van der Waals surface area contributed by atoms with Gasteiger partial charge in [-0.15, -0.1) is 0 Å². The van der Waals surface area contributed by atoms with Crippen molar-refractivity contribution in [2.45, 2.75) is 24.2 Å². The SMILES string of the molecule is CO[C@@H]1C=CC(=O)[C@](O)(Cc2ccccc2)[C@H]1O. The van der Waals surface area contributed by atoms with E-state index in [4.69, 9.17) is 4.74 Å². The van der Waals surface area contributed by atoms with Crippen LogP contribution in [-0.2, 0) is 16.0 Å². The van der Waals surface area contributed by atoms with Crippen molar-refractivity contribution < 1.29 is 19.7 Å². The van der Waals surface area contributed by atoms with Crippen molar-refractivity contribution in [1.82, 2.24) is 0 Å². The van der Waals surface area contributed by atoms with Crippen LogP contribution in [0.1, 0.15) is 5.56 Å². The number of hydrogen-bond donors (Lipinski definition) is 2. The van der Waals surface area contributed by atoms with Crippen molar-refractivity contribution in [3.63, 3.8) is 0 Å². The second-order valence-electron chi connectivity index (χ2n) is 4.46. The van der Waals surface area contributed by atoms with Gasteiger partial charge >= 0.3 is 0 Å². The lowest BCUT2D eigenvalue weighted by Gasteiger charge is -2.36. The standard InChI is InChI=1S/C14H16O4/c1-18-11-7-8-12(15)14(17,13(11)16)9-10-5-3-2-4-6-10/h2-8,11,13,16-17H,9H2,1H3/t11-,13+,14-/m1/s1. The zero-order valence-electron chi connectivity index (χ0n) is 10.1. The first-order valence-corrected chi connectivity index (χ1v) is 5.78. The summed E-state index contributed by atoms with van der Waals surface area (Å²) in [5.74, 6) is -0.493. The molecule has 3 atom stereocenters. The highest BCUT2D eigenvalue weighted by Crippen LogP contribution is 2.27. The average Bonchev–Trinajstić information content (AvgIpc) is 2.38. The molecule has 4 nitrogen and oxygen atoms in total. The van der Waals surface area contributed by atoms with E-state index in [1.54, 1.807) is 12.1 Å². The van der Waals surface area contributed by atoms with Crippen LogP contribution in [0.15, 0.2) is 42.5 Å². The Morgan fingerprint density at radius 1 is 1.33 bits per heavy atom. The third-order valence-corrected chi connectivity index (χ3v) is 3.25. The predicted octanol–water partition coefficient (Wildman–Crippen LogP) is 0.475. The Morgan fingerprint density at radius 2 is 2.00 bits per heavy atom. The van der Waals surface area contributed by atoms with Gasteiger partial charge in [-0.05, 0) is 17.7 Å². The topological polar surface area (TPSA) is 66.8 Å². The van der Waals surface area contributed by atoms with Gasteiger partial charge in [-0.25, -0.2) is 0 Å². The lowest BCUT2D eigenvalue weighted by Crippen LogP contribution is -2.57. The van der Waals surface area contributed by atoms with Crippen LogP contribution in [0.5, 0.6) is 0 Å². The molecule has 0 amide bonds. The van der Waals surface area contributed by atoms with E-state index in [1.807, 2.05) is 18.2 Å². The number of ether oxygens (including phenoxy) is 1. The number of rotatable bonds is 3. The summed E-state index contributed by atoms with van der Waals surface area (Å²) in [6.45, 7) is 0. The van der Waals surface area contributed by atoms with Gasteiger partial charge in [-0.2, -0.15) is 0 Å². The Hall–Kier alpha value is -1.49. The minimum absolute atomic E-state index is 0.0675. The van der Waals surface area contributed by atoms with Crippen LogP contribution in [0.2, 0.25) is 0 Å². The maximum Gasteiger partial charge on any atom is 0.190 e. The molecule has 0 saturated heterocycles. The normalized spacial score (nSPS) is 31.6. The summed E-state index contributed by atoms with van der Waals surface area (Å²) in [5, 5.41) is 20.5. The van der Waals surface area contributed by atoms with Gasteiger partial charge in [0, 0.05) is 13.5 Å². The number of carbonyl (C=O) groups is 1. The van der Waals surface area contributed by atoms with E-state index in [0.717, 1.165) is 5.56 Å². The molecule has 0 fully saturated rings. The largest absolute Gasteiger partial charge is 0.387 e. The Labute approximate surface area is 106 Å². The highest BCUT2D eigenvalue weighted by atomic mass is 16.5. The molecule has 2 rings (SSSR count). The summed E-state index contributed by atoms with van der Waals surface area (Å²) in [5.41, 5.74) is -1.03. The molecule has 0 bridgehead atoms. The van der Waals surface area contributed by atoms with Crippen molar-refractivity contribution in [2.24, 2.45) is 0 Å². The van der Waals surface area contributed by atoms with E-state index >= 15 is 0 Å². The van der Waals surface area contributed by atoms with Crippen molar-refractivity contribution in [2.75, 3.05) is 7.11 Å². The molecule has 0 radical (unpaired) electrons. The Bertz CT molecular complexity index is 454. The van der Waals surface area contributed by atoms with Gasteiger partial charge in [0.25, 0.3) is 0 Å². The van der Waals surface area contributed by atoms with Gasteiger partial charge < -0.3 is 14.9 Å². The molecule has 96 valence electrons. The highest BCUT2D eigenvalue weighted by molar-refractivity contribution is 5.98. The molecule has 0 heterocycles. The fourth-order valence-electron chi connectivity index (χ4n) is 2.16. The summed E-state index contributed by atoms with van der Waals surface area (Å²) in [7, 11) is 1.43. The number of ketones is 1. The van der Waals surface area contributed by atoms with Crippen LogP contribution in [0, 0.1) is 0 Å². The summed E-state index contributed by atoms with van der Waals surface area (Å²) in [4.78, 5) is 11.8. The fourth-order valence-corrected chi connectivity index (χ4v) is 2.16. The Balaban J connectivity index is 2.28. The number of methoxy groups -OCH3 is 1. The minimum Gasteiger partial charge on any atom is -0.387 e. The van der Waals surface area contributed by atoms with Crippen molar-refractivity contribution >= 4 is 5.78 Å². The van der Waals surface area contributed by atoms with E-state index in [0.29, 0.717) is 0 Å². The Morgan fingerprint density at radius 3 is 2.61 bits per heavy atom. The molecule has 0 unspecified atom stereocenters. The number of aliphatic hydroxyl groups is 2. The summed E-state index contributed by atoms with van der Waals surface area (Å²) in [6, 6.07) is 9.10. The second-order valence-corrected chi connectivity index (χ2v) is 4.46. The summed E-state index contributed by atoms with van der Waals surface area (Å²) in [6.07, 6.45) is 0.866. The van der Waals surface area contributed by atoms with Gasteiger partial charge in [0.05, 0.1) is 0 Å². The molecule has 1 aliphatic carbocycles. The number of aliphatic hydroxyl groups excluding tert-OH is 1. The van der Waals surface area contributed by atoms with Gasteiger partial charge in [-0.1, -0.05) is 30.3 Å². The molecule has 18 heavy (non-hydrogen) atoms.